The maximum Gasteiger partial charge on any atom is 0.166 e. The van der Waals surface area contributed by atoms with Gasteiger partial charge in [0.05, 0.1) is 11.4 Å². The second-order valence-corrected chi connectivity index (χ2v) is 4.47. The van der Waals surface area contributed by atoms with Crippen LogP contribution in [0.5, 0.6) is 11.5 Å². The highest BCUT2D eigenvalue weighted by Gasteiger charge is 2.04. The van der Waals surface area contributed by atoms with E-state index >= 15 is 0 Å². The highest BCUT2D eigenvalue weighted by Crippen LogP contribution is 2.29. The molecule has 0 spiro atoms. The van der Waals surface area contributed by atoms with E-state index in [0.717, 1.165) is 11.1 Å². The normalized spacial score (nSPS) is 11.1. The first kappa shape index (κ1) is 13.0. The van der Waals surface area contributed by atoms with Crippen LogP contribution >= 0.6 is 0 Å². The van der Waals surface area contributed by atoms with Gasteiger partial charge in [-0.1, -0.05) is 6.07 Å². The Morgan fingerprint density at radius 2 is 1.79 bits per heavy atom. The Morgan fingerprint density at radius 1 is 1.11 bits per heavy atom. The number of hydrogen-bond donors (Lipinski definition) is 3. The van der Waals surface area contributed by atoms with Gasteiger partial charge in [0.15, 0.2) is 11.5 Å². The van der Waals surface area contributed by atoms with Crippen molar-refractivity contribution in [1.29, 1.82) is 0 Å². The third-order valence-electron chi connectivity index (χ3n) is 3.03. The maximum absolute atomic E-state index is 9.67. The standard InChI is InChI=1S/C15H16N2O2/c1-9-6-12(16)13(7-10(9)2)17-8-11-4-3-5-14(18)15(11)19/h3-8,18-19H,16H2,1-2H3. The monoisotopic (exact) mass is 256 g/mol. The van der Waals surface area contributed by atoms with Gasteiger partial charge in [0.1, 0.15) is 0 Å². The summed E-state index contributed by atoms with van der Waals surface area (Å²) in [5, 5.41) is 19.1. The lowest BCUT2D eigenvalue weighted by molar-refractivity contribution is 0.403. The Kier molecular flexibility index (Phi) is 3.42. The van der Waals surface area contributed by atoms with E-state index in [2.05, 4.69) is 4.99 Å². The number of hydrogen-bond acceptors (Lipinski definition) is 4. The third-order valence-corrected chi connectivity index (χ3v) is 3.03. The van der Waals surface area contributed by atoms with E-state index in [9.17, 15) is 10.2 Å². The van der Waals surface area contributed by atoms with Crippen LogP contribution < -0.4 is 5.73 Å². The highest BCUT2D eigenvalue weighted by molar-refractivity contribution is 5.87. The fraction of sp³-hybridized carbons (Fsp3) is 0.133. The second-order valence-electron chi connectivity index (χ2n) is 4.47. The van der Waals surface area contributed by atoms with E-state index < -0.39 is 0 Å². The number of benzene rings is 2. The third kappa shape index (κ3) is 2.68. The molecular formula is C15H16N2O2. The fourth-order valence-corrected chi connectivity index (χ4v) is 1.73. The smallest absolute Gasteiger partial charge is 0.166 e. The van der Waals surface area contributed by atoms with Crippen LogP contribution in [0.15, 0.2) is 35.3 Å². The van der Waals surface area contributed by atoms with Crippen molar-refractivity contribution in [3.63, 3.8) is 0 Å². The number of rotatable bonds is 2. The van der Waals surface area contributed by atoms with Gasteiger partial charge in [0, 0.05) is 11.8 Å². The van der Waals surface area contributed by atoms with Gasteiger partial charge in [-0.2, -0.15) is 0 Å². The molecule has 4 heteroatoms. The number of aromatic hydroxyl groups is 2. The highest BCUT2D eigenvalue weighted by atomic mass is 16.3. The Bertz CT molecular complexity index is 649. The summed E-state index contributed by atoms with van der Waals surface area (Å²) in [6.07, 6.45) is 1.48. The van der Waals surface area contributed by atoms with Gasteiger partial charge in [-0.05, 0) is 49.2 Å². The van der Waals surface area contributed by atoms with Crippen LogP contribution in [0.3, 0.4) is 0 Å². The summed E-state index contributed by atoms with van der Waals surface area (Å²) in [6, 6.07) is 8.47. The molecule has 98 valence electrons. The number of anilines is 1. The molecule has 0 fully saturated rings. The molecule has 0 aliphatic heterocycles. The van der Waals surface area contributed by atoms with Gasteiger partial charge in [-0.3, -0.25) is 4.99 Å². The summed E-state index contributed by atoms with van der Waals surface area (Å²) < 4.78 is 0. The predicted molar refractivity (Wildman–Crippen MR) is 77.4 cm³/mol. The van der Waals surface area contributed by atoms with Crippen molar-refractivity contribution in [1.82, 2.24) is 0 Å². The number of phenols is 2. The lowest BCUT2D eigenvalue weighted by atomic mass is 10.1. The molecule has 4 N–H and O–H groups in total. The molecular weight excluding hydrogens is 240 g/mol. The van der Waals surface area contributed by atoms with Gasteiger partial charge < -0.3 is 15.9 Å². The van der Waals surface area contributed by atoms with Crippen molar-refractivity contribution in [3.8, 4) is 11.5 Å². The van der Waals surface area contributed by atoms with Crippen molar-refractivity contribution >= 4 is 17.6 Å². The molecule has 0 saturated carbocycles. The first-order valence-corrected chi connectivity index (χ1v) is 5.91. The van der Waals surface area contributed by atoms with E-state index in [1.165, 1.54) is 12.3 Å². The van der Waals surface area contributed by atoms with Crippen LogP contribution in [0.25, 0.3) is 0 Å². The van der Waals surface area contributed by atoms with Crippen molar-refractivity contribution < 1.29 is 10.2 Å². The van der Waals surface area contributed by atoms with Crippen LogP contribution in [0.4, 0.5) is 11.4 Å². The summed E-state index contributed by atoms with van der Waals surface area (Å²) >= 11 is 0. The molecule has 2 aromatic carbocycles. The maximum atomic E-state index is 9.67. The predicted octanol–water partition coefficient (Wildman–Crippen LogP) is 3.05. The first-order chi connectivity index (χ1) is 8.99. The van der Waals surface area contributed by atoms with Crippen LogP contribution in [0.1, 0.15) is 16.7 Å². The zero-order valence-electron chi connectivity index (χ0n) is 10.9. The lowest BCUT2D eigenvalue weighted by Crippen LogP contribution is -1.90. The number of nitrogen functional groups attached to an aromatic ring is 1. The number of para-hydroxylation sites is 1. The van der Waals surface area contributed by atoms with Crippen molar-refractivity contribution in [2.24, 2.45) is 4.99 Å². The zero-order chi connectivity index (χ0) is 14.0. The number of phenolic OH excluding ortho intramolecular Hbond substituents is 2. The first-order valence-electron chi connectivity index (χ1n) is 5.91. The number of nitrogens with two attached hydrogens (primary N) is 1. The Hall–Kier alpha value is -2.49. The molecule has 0 amide bonds. The summed E-state index contributed by atoms with van der Waals surface area (Å²) in [6.45, 7) is 3.97. The van der Waals surface area contributed by atoms with E-state index in [4.69, 9.17) is 5.73 Å². The Labute approximate surface area is 111 Å². The molecule has 0 atom stereocenters. The van der Waals surface area contributed by atoms with Gasteiger partial charge in [-0.25, -0.2) is 0 Å². The molecule has 0 aromatic heterocycles. The van der Waals surface area contributed by atoms with E-state index in [1.807, 2.05) is 26.0 Å². The summed E-state index contributed by atoms with van der Waals surface area (Å²) in [5.74, 6) is -0.356. The van der Waals surface area contributed by atoms with Gasteiger partial charge >= 0.3 is 0 Å². The molecule has 0 radical (unpaired) electrons. The van der Waals surface area contributed by atoms with Gasteiger partial charge in [0.2, 0.25) is 0 Å². The summed E-state index contributed by atoms with van der Waals surface area (Å²) in [5.41, 5.74) is 9.77. The number of aliphatic imine (C=N–C) groups is 1. The van der Waals surface area contributed by atoms with Crippen molar-refractivity contribution in [3.05, 3.63) is 47.0 Å². The van der Waals surface area contributed by atoms with Crippen molar-refractivity contribution in [2.75, 3.05) is 5.73 Å². The van der Waals surface area contributed by atoms with Gasteiger partial charge in [0.25, 0.3) is 0 Å². The molecule has 19 heavy (non-hydrogen) atoms. The molecule has 2 rings (SSSR count). The van der Waals surface area contributed by atoms with E-state index in [1.54, 1.807) is 12.1 Å². The van der Waals surface area contributed by atoms with Crippen LogP contribution in [-0.4, -0.2) is 16.4 Å². The number of aryl methyl sites for hydroxylation is 2. The largest absolute Gasteiger partial charge is 0.504 e. The van der Waals surface area contributed by atoms with Crippen LogP contribution in [0.2, 0.25) is 0 Å². The zero-order valence-corrected chi connectivity index (χ0v) is 10.9. The van der Waals surface area contributed by atoms with Crippen LogP contribution in [0, 0.1) is 13.8 Å². The minimum Gasteiger partial charge on any atom is -0.504 e. The molecule has 0 aliphatic rings. The second kappa shape index (κ2) is 5.02. The summed E-state index contributed by atoms with van der Waals surface area (Å²) in [7, 11) is 0. The fourth-order valence-electron chi connectivity index (χ4n) is 1.73. The van der Waals surface area contributed by atoms with Gasteiger partial charge in [-0.15, -0.1) is 0 Å². The van der Waals surface area contributed by atoms with Crippen LogP contribution in [-0.2, 0) is 0 Å². The van der Waals surface area contributed by atoms with E-state index in [-0.39, 0.29) is 11.5 Å². The SMILES string of the molecule is Cc1cc(N)c(N=Cc2cccc(O)c2O)cc1C. The minimum atomic E-state index is -0.186. The molecule has 0 unspecified atom stereocenters. The molecule has 4 nitrogen and oxygen atoms in total. The molecule has 0 saturated heterocycles. The van der Waals surface area contributed by atoms with E-state index in [0.29, 0.717) is 16.9 Å². The molecule has 2 aromatic rings. The molecule has 0 heterocycles. The Morgan fingerprint density at radius 3 is 2.53 bits per heavy atom. The molecule has 0 bridgehead atoms. The molecule has 0 aliphatic carbocycles. The summed E-state index contributed by atoms with van der Waals surface area (Å²) in [4.78, 5) is 4.26. The lowest BCUT2D eigenvalue weighted by Gasteiger charge is -2.05. The topological polar surface area (TPSA) is 78.8 Å². The van der Waals surface area contributed by atoms with Crippen molar-refractivity contribution in [2.45, 2.75) is 13.8 Å². The number of nitrogens with zero attached hydrogens (tertiary/aromatic N) is 1. The minimum absolute atomic E-state index is 0.169. The average Bonchev–Trinajstić information content (AvgIpc) is 2.37. The quantitative estimate of drug-likeness (QED) is 0.439. The average molecular weight is 256 g/mol. The Balaban J connectivity index is 2.38.